The highest BCUT2D eigenvalue weighted by molar-refractivity contribution is 5.98. The summed E-state index contributed by atoms with van der Waals surface area (Å²) >= 11 is 0. The minimum absolute atomic E-state index is 0.227. The predicted octanol–water partition coefficient (Wildman–Crippen LogP) is 2.83. The van der Waals surface area contributed by atoms with Crippen molar-refractivity contribution in [2.75, 3.05) is 13.2 Å². The van der Waals surface area contributed by atoms with Gasteiger partial charge in [-0.25, -0.2) is 0 Å². The van der Waals surface area contributed by atoms with Crippen LogP contribution in [-0.2, 0) is 14.3 Å². The van der Waals surface area contributed by atoms with Crippen LogP contribution in [-0.4, -0.2) is 25.0 Å². The predicted molar refractivity (Wildman–Crippen MR) is 79.1 cm³/mol. The van der Waals surface area contributed by atoms with Crippen molar-refractivity contribution in [3.8, 4) is 0 Å². The van der Waals surface area contributed by atoms with Crippen LogP contribution in [0.1, 0.15) is 53.4 Å². The van der Waals surface area contributed by atoms with E-state index < -0.39 is 17.3 Å². The van der Waals surface area contributed by atoms with Gasteiger partial charge < -0.3 is 10.1 Å². The molecule has 1 aliphatic rings. The van der Waals surface area contributed by atoms with Crippen LogP contribution in [0.5, 0.6) is 0 Å². The summed E-state index contributed by atoms with van der Waals surface area (Å²) in [6, 6.07) is 0. The maximum absolute atomic E-state index is 12.2. The number of esters is 1. The van der Waals surface area contributed by atoms with Crippen molar-refractivity contribution in [2.24, 2.45) is 11.3 Å². The first-order valence-electron chi connectivity index (χ1n) is 7.48. The Bertz CT molecular complexity index is 380. The second kappa shape index (κ2) is 7.46. The summed E-state index contributed by atoms with van der Waals surface area (Å²) in [6.07, 6.45) is 6.63. The highest BCUT2D eigenvalue weighted by atomic mass is 16.5. The van der Waals surface area contributed by atoms with Gasteiger partial charge >= 0.3 is 5.97 Å². The lowest BCUT2D eigenvalue weighted by Gasteiger charge is -2.27. The van der Waals surface area contributed by atoms with E-state index in [1.807, 2.05) is 20.8 Å². The molecule has 1 atom stereocenters. The number of allylic oxidation sites excluding steroid dienone is 1. The van der Waals surface area contributed by atoms with Crippen LogP contribution in [0.2, 0.25) is 0 Å². The van der Waals surface area contributed by atoms with E-state index in [0.717, 1.165) is 19.3 Å². The Hall–Kier alpha value is -1.32. The van der Waals surface area contributed by atoms with Gasteiger partial charge in [-0.3, -0.25) is 9.59 Å². The summed E-state index contributed by atoms with van der Waals surface area (Å²) in [4.78, 5) is 24.2. The minimum Gasteiger partial charge on any atom is -0.465 e. The Morgan fingerprint density at radius 1 is 1.40 bits per heavy atom. The fourth-order valence-electron chi connectivity index (χ4n) is 2.49. The highest BCUT2D eigenvalue weighted by Crippen LogP contribution is 2.27. The van der Waals surface area contributed by atoms with Gasteiger partial charge in [0.1, 0.15) is 5.92 Å². The molecule has 0 bridgehead atoms. The van der Waals surface area contributed by atoms with Crippen molar-refractivity contribution in [1.82, 2.24) is 5.32 Å². The SMILES string of the molecule is CCOC(=O)C(C(=O)NCCC1=CCCC1)C(C)(C)C. The molecule has 0 fully saturated rings. The second-order valence-corrected chi connectivity index (χ2v) is 6.35. The molecule has 1 unspecified atom stereocenters. The molecule has 0 saturated heterocycles. The van der Waals surface area contributed by atoms with Gasteiger partial charge in [-0.1, -0.05) is 32.4 Å². The summed E-state index contributed by atoms with van der Waals surface area (Å²) < 4.78 is 5.02. The quantitative estimate of drug-likeness (QED) is 0.463. The van der Waals surface area contributed by atoms with Crippen LogP contribution >= 0.6 is 0 Å². The van der Waals surface area contributed by atoms with Crippen LogP contribution < -0.4 is 5.32 Å². The average Bonchev–Trinajstić information content (AvgIpc) is 2.80. The van der Waals surface area contributed by atoms with E-state index in [4.69, 9.17) is 4.74 Å². The number of amides is 1. The van der Waals surface area contributed by atoms with Crippen LogP contribution in [0.15, 0.2) is 11.6 Å². The molecule has 0 aromatic heterocycles. The van der Waals surface area contributed by atoms with Gasteiger partial charge in [0.15, 0.2) is 0 Å². The molecule has 4 nitrogen and oxygen atoms in total. The number of ether oxygens (including phenoxy) is 1. The van der Waals surface area contributed by atoms with E-state index in [1.165, 1.54) is 12.0 Å². The second-order valence-electron chi connectivity index (χ2n) is 6.35. The number of hydrogen-bond donors (Lipinski definition) is 1. The van der Waals surface area contributed by atoms with Gasteiger partial charge in [0.25, 0.3) is 0 Å². The Balaban J connectivity index is 2.52. The van der Waals surface area contributed by atoms with Crippen molar-refractivity contribution < 1.29 is 14.3 Å². The third kappa shape index (κ3) is 4.99. The van der Waals surface area contributed by atoms with E-state index in [1.54, 1.807) is 6.92 Å². The van der Waals surface area contributed by atoms with Gasteiger partial charge in [-0.2, -0.15) is 0 Å². The molecule has 0 radical (unpaired) electrons. The van der Waals surface area contributed by atoms with Crippen molar-refractivity contribution in [1.29, 1.82) is 0 Å². The molecular weight excluding hydrogens is 254 g/mol. The van der Waals surface area contributed by atoms with E-state index in [9.17, 15) is 9.59 Å². The number of nitrogens with one attached hydrogen (secondary N) is 1. The number of rotatable bonds is 6. The summed E-state index contributed by atoms with van der Waals surface area (Å²) in [5.74, 6) is -1.41. The van der Waals surface area contributed by atoms with Crippen molar-refractivity contribution in [3.63, 3.8) is 0 Å². The molecular formula is C16H27NO3. The van der Waals surface area contributed by atoms with E-state index in [2.05, 4.69) is 11.4 Å². The van der Waals surface area contributed by atoms with Crippen molar-refractivity contribution in [2.45, 2.75) is 53.4 Å². The van der Waals surface area contributed by atoms with Crippen molar-refractivity contribution >= 4 is 11.9 Å². The van der Waals surface area contributed by atoms with Crippen molar-refractivity contribution in [3.05, 3.63) is 11.6 Å². The zero-order chi connectivity index (χ0) is 15.2. The topological polar surface area (TPSA) is 55.4 Å². The largest absolute Gasteiger partial charge is 0.465 e. The highest BCUT2D eigenvalue weighted by Gasteiger charge is 2.38. The van der Waals surface area contributed by atoms with Gasteiger partial charge in [0.2, 0.25) is 5.91 Å². The standard InChI is InChI=1S/C16H27NO3/c1-5-20-15(19)13(16(2,3)4)14(18)17-11-10-12-8-6-7-9-12/h8,13H,5-7,9-11H2,1-4H3,(H,17,18). The van der Waals surface area contributed by atoms with Gasteiger partial charge in [-0.05, 0) is 38.0 Å². The number of carbonyl (C=O) groups excluding carboxylic acids is 2. The lowest BCUT2D eigenvalue weighted by atomic mass is 9.80. The molecule has 0 aliphatic heterocycles. The molecule has 0 aromatic rings. The summed E-state index contributed by atoms with van der Waals surface area (Å²) in [5, 5.41) is 2.87. The number of hydrogen-bond acceptors (Lipinski definition) is 3. The smallest absolute Gasteiger partial charge is 0.319 e. The van der Waals surface area contributed by atoms with Crippen LogP contribution in [0.3, 0.4) is 0 Å². The summed E-state index contributed by atoms with van der Waals surface area (Å²) in [7, 11) is 0. The molecule has 4 heteroatoms. The molecule has 0 heterocycles. The third-order valence-corrected chi connectivity index (χ3v) is 3.53. The van der Waals surface area contributed by atoms with Crippen LogP contribution in [0, 0.1) is 11.3 Å². The normalized spacial score (nSPS) is 16.5. The van der Waals surface area contributed by atoms with Gasteiger partial charge in [0.05, 0.1) is 6.61 Å². The third-order valence-electron chi connectivity index (χ3n) is 3.53. The molecule has 0 aromatic carbocycles. The Morgan fingerprint density at radius 3 is 2.60 bits per heavy atom. The minimum atomic E-state index is -0.750. The monoisotopic (exact) mass is 281 g/mol. The fraction of sp³-hybridized carbons (Fsp3) is 0.750. The number of carbonyl (C=O) groups is 2. The fourth-order valence-corrected chi connectivity index (χ4v) is 2.49. The molecule has 20 heavy (non-hydrogen) atoms. The molecule has 1 amide bonds. The lowest BCUT2D eigenvalue weighted by molar-refractivity contribution is -0.156. The lowest BCUT2D eigenvalue weighted by Crippen LogP contribution is -2.43. The Morgan fingerprint density at radius 2 is 2.10 bits per heavy atom. The molecule has 114 valence electrons. The van der Waals surface area contributed by atoms with E-state index in [-0.39, 0.29) is 5.91 Å². The first kappa shape index (κ1) is 16.7. The van der Waals surface area contributed by atoms with Crippen LogP contribution in [0.4, 0.5) is 0 Å². The average molecular weight is 281 g/mol. The van der Waals surface area contributed by atoms with Gasteiger partial charge in [0, 0.05) is 6.54 Å². The molecule has 0 saturated carbocycles. The summed E-state index contributed by atoms with van der Waals surface area (Å²) in [6.45, 7) is 8.29. The summed E-state index contributed by atoms with van der Waals surface area (Å²) in [5.41, 5.74) is 0.969. The zero-order valence-electron chi connectivity index (χ0n) is 13.1. The van der Waals surface area contributed by atoms with E-state index >= 15 is 0 Å². The molecule has 0 spiro atoms. The maximum Gasteiger partial charge on any atom is 0.319 e. The van der Waals surface area contributed by atoms with E-state index in [0.29, 0.717) is 13.2 Å². The first-order chi connectivity index (χ1) is 9.36. The van der Waals surface area contributed by atoms with Gasteiger partial charge in [-0.15, -0.1) is 0 Å². The molecule has 1 rings (SSSR count). The molecule has 1 aliphatic carbocycles. The zero-order valence-corrected chi connectivity index (χ0v) is 13.1. The molecule has 1 N–H and O–H groups in total. The Kier molecular flexibility index (Phi) is 6.24. The maximum atomic E-state index is 12.2. The van der Waals surface area contributed by atoms with Crippen LogP contribution in [0.25, 0.3) is 0 Å². The first-order valence-corrected chi connectivity index (χ1v) is 7.48. The Labute approximate surface area is 122 Å².